The second kappa shape index (κ2) is 9.56. The molecule has 1 aromatic carbocycles. The Balaban J connectivity index is 1.68. The van der Waals surface area contributed by atoms with Crippen LogP contribution in [0.15, 0.2) is 30.3 Å². The van der Waals surface area contributed by atoms with Crippen LogP contribution >= 0.6 is 0 Å². The largest absolute Gasteiger partial charge is 0.445 e. The molecule has 0 aromatic heterocycles. The Labute approximate surface area is 139 Å². The lowest BCUT2D eigenvalue weighted by atomic mass is 9.83. The summed E-state index contributed by atoms with van der Waals surface area (Å²) in [4.78, 5) is 14.0. The number of carbonyl (C=O) groups excluding carboxylic acids is 1. The van der Waals surface area contributed by atoms with Crippen LogP contribution in [0, 0.1) is 11.8 Å². The average molecular weight is 319 g/mol. The first-order valence-electron chi connectivity index (χ1n) is 8.77. The molecule has 1 heterocycles. The lowest BCUT2D eigenvalue weighted by molar-refractivity contribution is 0.0757. The van der Waals surface area contributed by atoms with Crippen molar-refractivity contribution in [3.63, 3.8) is 0 Å². The molecule has 0 radical (unpaired) electrons. The minimum Gasteiger partial charge on any atom is -0.445 e. The number of aliphatic hydroxyl groups excluding tert-OH is 1. The number of rotatable bonds is 7. The van der Waals surface area contributed by atoms with Gasteiger partial charge in [0.25, 0.3) is 0 Å². The summed E-state index contributed by atoms with van der Waals surface area (Å²) in [5.41, 5.74) is 1.02. The van der Waals surface area contributed by atoms with E-state index in [1.807, 2.05) is 35.2 Å². The van der Waals surface area contributed by atoms with Gasteiger partial charge in [-0.05, 0) is 36.7 Å². The minimum absolute atomic E-state index is 0.194. The molecule has 1 atom stereocenters. The van der Waals surface area contributed by atoms with Crippen molar-refractivity contribution in [2.45, 2.75) is 45.6 Å². The zero-order valence-electron chi connectivity index (χ0n) is 14.1. The topological polar surface area (TPSA) is 49.8 Å². The Kier molecular flexibility index (Phi) is 7.40. The number of benzene rings is 1. The molecule has 1 saturated heterocycles. The zero-order valence-corrected chi connectivity index (χ0v) is 14.1. The average Bonchev–Trinajstić information content (AvgIpc) is 2.61. The zero-order chi connectivity index (χ0) is 16.5. The van der Waals surface area contributed by atoms with E-state index in [2.05, 4.69) is 6.92 Å². The summed E-state index contributed by atoms with van der Waals surface area (Å²) in [5, 5.41) is 8.86. The number of nitrogens with zero attached hydrogens (tertiary/aromatic N) is 1. The van der Waals surface area contributed by atoms with Crippen LogP contribution in [0.5, 0.6) is 0 Å². The summed E-state index contributed by atoms with van der Waals surface area (Å²) in [5.74, 6) is 1.36. The van der Waals surface area contributed by atoms with E-state index < -0.39 is 0 Å². The first kappa shape index (κ1) is 17.8. The molecule has 4 heteroatoms. The highest BCUT2D eigenvalue weighted by Crippen LogP contribution is 2.28. The third kappa shape index (κ3) is 5.87. The SMILES string of the molecule is C[C@@H](CCCCO)C1CCN(C(=O)OCc2ccccc2)CC1. The van der Waals surface area contributed by atoms with E-state index >= 15 is 0 Å². The summed E-state index contributed by atoms with van der Waals surface area (Å²) in [6, 6.07) is 9.79. The number of hydrogen-bond donors (Lipinski definition) is 1. The fourth-order valence-electron chi connectivity index (χ4n) is 3.28. The van der Waals surface area contributed by atoms with Crippen LogP contribution in [0.4, 0.5) is 4.79 Å². The molecule has 0 saturated carbocycles. The molecule has 0 aliphatic carbocycles. The quantitative estimate of drug-likeness (QED) is 0.777. The first-order valence-corrected chi connectivity index (χ1v) is 8.77. The second-order valence-corrected chi connectivity index (χ2v) is 6.56. The Morgan fingerprint density at radius 2 is 1.96 bits per heavy atom. The minimum atomic E-state index is -0.194. The molecule has 1 aliphatic heterocycles. The van der Waals surface area contributed by atoms with Crippen LogP contribution in [0.1, 0.15) is 44.6 Å². The van der Waals surface area contributed by atoms with Crippen molar-refractivity contribution >= 4 is 6.09 Å². The molecule has 0 unspecified atom stereocenters. The Bertz CT molecular complexity index is 455. The van der Waals surface area contributed by atoms with Gasteiger partial charge in [-0.25, -0.2) is 4.79 Å². The molecule has 1 fully saturated rings. The maximum Gasteiger partial charge on any atom is 0.410 e. The molecular formula is C19H29NO3. The number of carbonyl (C=O) groups is 1. The third-order valence-corrected chi connectivity index (χ3v) is 4.88. The van der Waals surface area contributed by atoms with Gasteiger partial charge < -0.3 is 14.7 Å². The van der Waals surface area contributed by atoms with E-state index in [1.165, 1.54) is 6.42 Å². The van der Waals surface area contributed by atoms with Crippen LogP contribution in [0.2, 0.25) is 0 Å². The maximum absolute atomic E-state index is 12.1. The molecule has 1 N–H and O–H groups in total. The number of piperidine rings is 1. The molecule has 2 rings (SSSR count). The number of likely N-dealkylation sites (tertiary alicyclic amines) is 1. The lowest BCUT2D eigenvalue weighted by Crippen LogP contribution is -2.40. The van der Waals surface area contributed by atoms with E-state index in [9.17, 15) is 4.79 Å². The molecule has 0 spiro atoms. The first-order chi connectivity index (χ1) is 11.2. The fraction of sp³-hybridized carbons (Fsp3) is 0.632. The summed E-state index contributed by atoms with van der Waals surface area (Å²) < 4.78 is 5.40. The standard InChI is InChI=1S/C19H29NO3/c1-16(7-5-6-14-21)18-10-12-20(13-11-18)19(22)23-15-17-8-3-2-4-9-17/h2-4,8-9,16,18,21H,5-7,10-15H2,1H3/t16-/m0/s1. The molecular weight excluding hydrogens is 290 g/mol. The molecule has 23 heavy (non-hydrogen) atoms. The third-order valence-electron chi connectivity index (χ3n) is 4.88. The van der Waals surface area contributed by atoms with Crippen molar-refractivity contribution in [3.05, 3.63) is 35.9 Å². The molecule has 1 aromatic rings. The van der Waals surface area contributed by atoms with Gasteiger partial charge in [-0.1, -0.05) is 50.1 Å². The number of hydrogen-bond acceptors (Lipinski definition) is 3. The van der Waals surface area contributed by atoms with E-state index in [0.29, 0.717) is 25.0 Å². The predicted molar refractivity (Wildman–Crippen MR) is 91.0 cm³/mol. The summed E-state index contributed by atoms with van der Waals surface area (Å²) in [7, 11) is 0. The lowest BCUT2D eigenvalue weighted by Gasteiger charge is -2.34. The summed E-state index contributed by atoms with van der Waals surface area (Å²) >= 11 is 0. The van der Waals surface area contributed by atoms with Gasteiger partial charge in [-0.3, -0.25) is 0 Å². The van der Waals surface area contributed by atoms with Gasteiger partial charge in [0, 0.05) is 19.7 Å². The van der Waals surface area contributed by atoms with Crippen molar-refractivity contribution in [2.24, 2.45) is 11.8 Å². The molecule has 1 amide bonds. The van der Waals surface area contributed by atoms with Gasteiger partial charge in [0.15, 0.2) is 0 Å². The van der Waals surface area contributed by atoms with Crippen LogP contribution in [0.25, 0.3) is 0 Å². The monoisotopic (exact) mass is 319 g/mol. The number of aliphatic hydroxyl groups is 1. The Morgan fingerprint density at radius 1 is 1.26 bits per heavy atom. The van der Waals surface area contributed by atoms with Crippen LogP contribution < -0.4 is 0 Å². The van der Waals surface area contributed by atoms with Crippen LogP contribution in [-0.4, -0.2) is 35.8 Å². The fourth-order valence-corrected chi connectivity index (χ4v) is 3.28. The van der Waals surface area contributed by atoms with Crippen LogP contribution in [0.3, 0.4) is 0 Å². The highest BCUT2D eigenvalue weighted by atomic mass is 16.6. The highest BCUT2D eigenvalue weighted by molar-refractivity contribution is 5.67. The maximum atomic E-state index is 12.1. The Hall–Kier alpha value is -1.55. The van der Waals surface area contributed by atoms with E-state index in [4.69, 9.17) is 9.84 Å². The van der Waals surface area contributed by atoms with Gasteiger partial charge >= 0.3 is 6.09 Å². The summed E-state index contributed by atoms with van der Waals surface area (Å²) in [6.45, 7) is 4.52. The van der Waals surface area contributed by atoms with Crippen molar-refractivity contribution in [3.8, 4) is 0 Å². The van der Waals surface area contributed by atoms with Crippen molar-refractivity contribution < 1.29 is 14.6 Å². The molecule has 4 nitrogen and oxygen atoms in total. The number of unbranched alkanes of at least 4 members (excludes halogenated alkanes) is 1. The van der Waals surface area contributed by atoms with Gasteiger partial charge in [0.05, 0.1) is 0 Å². The van der Waals surface area contributed by atoms with Gasteiger partial charge in [-0.15, -0.1) is 0 Å². The van der Waals surface area contributed by atoms with Crippen molar-refractivity contribution in [1.29, 1.82) is 0 Å². The highest BCUT2D eigenvalue weighted by Gasteiger charge is 2.26. The van der Waals surface area contributed by atoms with Gasteiger partial charge in [0.2, 0.25) is 0 Å². The molecule has 0 bridgehead atoms. The smallest absolute Gasteiger partial charge is 0.410 e. The van der Waals surface area contributed by atoms with Gasteiger partial charge in [0.1, 0.15) is 6.61 Å². The number of ether oxygens (including phenoxy) is 1. The van der Waals surface area contributed by atoms with Gasteiger partial charge in [-0.2, -0.15) is 0 Å². The van der Waals surface area contributed by atoms with E-state index in [1.54, 1.807) is 0 Å². The van der Waals surface area contributed by atoms with E-state index in [-0.39, 0.29) is 6.09 Å². The second-order valence-electron chi connectivity index (χ2n) is 6.56. The van der Waals surface area contributed by atoms with Crippen molar-refractivity contribution in [1.82, 2.24) is 4.90 Å². The van der Waals surface area contributed by atoms with E-state index in [0.717, 1.165) is 44.3 Å². The molecule has 1 aliphatic rings. The predicted octanol–water partition coefficient (Wildman–Crippen LogP) is 3.83. The number of amides is 1. The Morgan fingerprint density at radius 3 is 2.61 bits per heavy atom. The van der Waals surface area contributed by atoms with Crippen molar-refractivity contribution in [2.75, 3.05) is 19.7 Å². The molecule has 128 valence electrons. The normalized spacial score (nSPS) is 17.0. The summed E-state index contributed by atoms with van der Waals surface area (Å²) in [6.07, 6.45) is 5.08. The van der Waals surface area contributed by atoms with Crippen LogP contribution in [-0.2, 0) is 11.3 Å².